The van der Waals surface area contributed by atoms with Gasteiger partial charge in [0.1, 0.15) is 5.15 Å². The highest BCUT2D eigenvalue weighted by Gasteiger charge is 2.15. The van der Waals surface area contributed by atoms with E-state index in [1.165, 1.54) is 14.2 Å². The molecule has 0 amide bonds. The summed E-state index contributed by atoms with van der Waals surface area (Å²) in [5, 5.41) is 1.36. The van der Waals surface area contributed by atoms with Crippen LogP contribution in [0.15, 0.2) is 21.4 Å². The van der Waals surface area contributed by atoms with E-state index in [4.69, 9.17) is 21.1 Å². The van der Waals surface area contributed by atoms with Crippen LogP contribution in [-0.4, -0.2) is 19.2 Å². The molecule has 0 spiro atoms. The van der Waals surface area contributed by atoms with E-state index in [9.17, 15) is 4.79 Å². The zero-order valence-corrected chi connectivity index (χ0v) is 11.5. The molecule has 17 heavy (non-hydrogen) atoms. The van der Waals surface area contributed by atoms with Crippen LogP contribution in [-0.2, 0) is 0 Å². The Morgan fingerprint density at radius 2 is 2.00 bits per heavy atom. The summed E-state index contributed by atoms with van der Waals surface area (Å²) in [6.45, 7) is 0. The standard InChI is InChI=1S/C11H9BrClNO3/c1-16-7-4-6(12)5-3-8(13)14-11(15)9(5)10(7)17-2/h3-4H,1-2H3,(H,14,15). The third kappa shape index (κ3) is 2.00. The number of H-pyrrole nitrogens is 1. The smallest absolute Gasteiger partial charge is 0.260 e. The van der Waals surface area contributed by atoms with E-state index in [0.717, 1.165) is 4.47 Å². The number of rotatable bonds is 2. The zero-order chi connectivity index (χ0) is 12.6. The van der Waals surface area contributed by atoms with Gasteiger partial charge in [0, 0.05) is 9.86 Å². The van der Waals surface area contributed by atoms with Crippen molar-refractivity contribution in [2.45, 2.75) is 0 Å². The van der Waals surface area contributed by atoms with Crippen molar-refractivity contribution in [1.82, 2.24) is 4.98 Å². The first-order valence-corrected chi connectivity index (χ1v) is 5.88. The molecule has 0 unspecified atom stereocenters. The molecule has 0 aliphatic heterocycles. The number of aromatic amines is 1. The number of hydrogen-bond acceptors (Lipinski definition) is 3. The molecular formula is C11H9BrClNO3. The highest BCUT2D eigenvalue weighted by Crippen LogP contribution is 2.38. The molecule has 0 aliphatic carbocycles. The lowest BCUT2D eigenvalue weighted by Crippen LogP contribution is -2.08. The summed E-state index contributed by atoms with van der Waals surface area (Å²) in [5.41, 5.74) is -0.316. The molecule has 1 N–H and O–H groups in total. The molecule has 6 heteroatoms. The van der Waals surface area contributed by atoms with Gasteiger partial charge in [-0.1, -0.05) is 27.5 Å². The van der Waals surface area contributed by atoms with E-state index < -0.39 is 0 Å². The van der Waals surface area contributed by atoms with Gasteiger partial charge < -0.3 is 14.5 Å². The predicted molar refractivity (Wildman–Crippen MR) is 70.4 cm³/mol. The average molecular weight is 319 g/mol. The molecule has 90 valence electrons. The number of ether oxygens (including phenoxy) is 2. The molecule has 2 aromatic rings. The van der Waals surface area contributed by atoms with Crippen molar-refractivity contribution in [3.8, 4) is 11.5 Å². The van der Waals surface area contributed by atoms with Gasteiger partial charge in [-0.3, -0.25) is 4.79 Å². The predicted octanol–water partition coefficient (Wildman–Crippen LogP) is 2.96. The fourth-order valence-electron chi connectivity index (χ4n) is 1.68. The van der Waals surface area contributed by atoms with Crippen LogP contribution in [0.1, 0.15) is 0 Å². The number of halogens is 2. The number of pyridine rings is 1. The molecule has 4 nitrogen and oxygen atoms in total. The number of fused-ring (bicyclic) bond motifs is 1. The van der Waals surface area contributed by atoms with Crippen molar-refractivity contribution in [3.63, 3.8) is 0 Å². The molecule has 0 saturated heterocycles. The lowest BCUT2D eigenvalue weighted by Gasteiger charge is -2.11. The van der Waals surface area contributed by atoms with Crippen LogP contribution in [0, 0.1) is 0 Å². The summed E-state index contributed by atoms with van der Waals surface area (Å²) < 4.78 is 11.1. The monoisotopic (exact) mass is 317 g/mol. The average Bonchev–Trinajstić information content (AvgIpc) is 2.29. The first-order chi connectivity index (χ1) is 8.08. The summed E-state index contributed by atoms with van der Waals surface area (Å²) in [6, 6.07) is 3.39. The Kier molecular flexibility index (Phi) is 3.31. The Morgan fingerprint density at radius 3 is 2.59 bits per heavy atom. The van der Waals surface area contributed by atoms with Gasteiger partial charge in [-0.25, -0.2) is 0 Å². The maximum absolute atomic E-state index is 11.9. The summed E-state index contributed by atoms with van der Waals surface area (Å²) in [5.74, 6) is 0.878. The van der Waals surface area contributed by atoms with Crippen molar-refractivity contribution in [2.24, 2.45) is 0 Å². The Bertz CT molecular complexity index is 639. The second-order valence-corrected chi connectivity index (χ2v) is 4.59. The van der Waals surface area contributed by atoms with E-state index in [2.05, 4.69) is 20.9 Å². The van der Waals surface area contributed by atoms with E-state index >= 15 is 0 Å². The van der Waals surface area contributed by atoms with Crippen LogP contribution in [0.5, 0.6) is 11.5 Å². The quantitative estimate of drug-likeness (QED) is 0.866. The molecule has 0 aliphatic rings. The summed E-state index contributed by atoms with van der Waals surface area (Å²) >= 11 is 9.19. The minimum absolute atomic E-state index is 0.274. The van der Waals surface area contributed by atoms with Crippen LogP contribution in [0.4, 0.5) is 0 Å². The number of nitrogens with one attached hydrogen (secondary N) is 1. The van der Waals surface area contributed by atoms with Gasteiger partial charge in [-0.15, -0.1) is 0 Å². The number of benzene rings is 1. The third-order valence-electron chi connectivity index (χ3n) is 2.39. The molecule has 1 aromatic carbocycles. The number of hydrogen-bond donors (Lipinski definition) is 1. The molecule has 0 saturated carbocycles. The van der Waals surface area contributed by atoms with Crippen molar-refractivity contribution in [2.75, 3.05) is 14.2 Å². The minimum atomic E-state index is -0.316. The van der Waals surface area contributed by atoms with Crippen LogP contribution in [0.3, 0.4) is 0 Å². The molecule has 1 heterocycles. The van der Waals surface area contributed by atoms with Crippen molar-refractivity contribution in [1.29, 1.82) is 0 Å². The molecular weight excluding hydrogens is 309 g/mol. The zero-order valence-electron chi connectivity index (χ0n) is 9.14. The van der Waals surface area contributed by atoms with E-state index in [0.29, 0.717) is 22.3 Å². The fourth-order valence-corrected chi connectivity index (χ4v) is 2.39. The van der Waals surface area contributed by atoms with Gasteiger partial charge in [0.15, 0.2) is 11.5 Å². The Morgan fingerprint density at radius 1 is 1.29 bits per heavy atom. The third-order valence-corrected chi connectivity index (χ3v) is 3.25. The highest BCUT2D eigenvalue weighted by atomic mass is 79.9. The molecule has 1 aromatic heterocycles. The van der Waals surface area contributed by atoms with Crippen molar-refractivity contribution >= 4 is 38.3 Å². The van der Waals surface area contributed by atoms with E-state index in [1.54, 1.807) is 12.1 Å². The van der Waals surface area contributed by atoms with Gasteiger partial charge in [0.25, 0.3) is 5.56 Å². The summed E-state index contributed by atoms with van der Waals surface area (Å²) in [4.78, 5) is 14.4. The molecule has 0 radical (unpaired) electrons. The summed E-state index contributed by atoms with van der Waals surface area (Å²) in [6.07, 6.45) is 0. The molecule has 0 atom stereocenters. The van der Waals surface area contributed by atoms with Crippen LogP contribution in [0.25, 0.3) is 10.8 Å². The lowest BCUT2D eigenvalue weighted by molar-refractivity contribution is 0.358. The summed E-state index contributed by atoms with van der Waals surface area (Å²) in [7, 11) is 3.00. The van der Waals surface area contributed by atoms with Crippen molar-refractivity contribution in [3.05, 3.63) is 32.1 Å². The van der Waals surface area contributed by atoms with Gasteiger partial charge in [-0.05, 0) is 12.1 Å². The van der Waals surface area contributed by atoms with Gasteiger partial charge in [-0.2, -0.15) is 0 Å². The van der Waals surface area contributed by atoms with Gasteiger partial charge in [0.2, 0.25) is 0 Å². The topological polar surface area (TPSA) is 51.3 Å². The first-order valence-electron chi connectivity index (χ1n) is 4.71. The normalized spacial score (nSPS) is 10.6. The largest absolute Gasteiger partial charge is 0.493 e. The van der Waals surface area contributed by atoms with Crippen LogP contribution in [0.2, 0.25) is 5.15 Å². The van der Waals surface area contributed by atoms with Crippen LogP contribution >= 0.6 is 27.5 Å². The SMILES string of the molecule is COc1cc(Br)c2cc(Cl)[nH]c(=O)c2c1OC. The van der Waals surface area contributed by atoms with E-state index in [1.807, 2.05) is 0 Å². The maximum atomic E-state index is 11.9. The Hall–Kier alpha value is -1.20. The Labute approximate surface area is 111 Å². The molecule has 2 rings (SSSR count). The fraction of sp³-hybridized carbons (Fsp3) is 0.182. The Balaban J connectivity index is 3.01. The molecule has 0 bridgehead atoms. The number of methoxy groups -OCH3 is 2. The van der Waals surface area contributed by atoms with Gasteiger partial charge >= 0.3 is 0 Å². The van der Waals surface area contributed by atoms with Crippen molar-refractivity contribution < 1.29 is 9.47 Å². The molecule has 0 fully saturated rings. The van der Waals surface area contributed by atoms with Gasteiger partial charge in [0.05, 0.1) is 19.6 Å². The lowest BCUT2D eigenvalue weighted by atomic mass is 10.1. The second kappa shape index (κ2) is 4.58. The maximum Gasteiger partial charge on any atom is 0.260 e. The highest BCUT2D eigenvalue weighted by molar-refractivity contribution is 9.10. The van der Waals surface area contributed by atoms with Crippen LogP contribution < -0.4 is 15.0 Å². The minimum Gasteiger partial charge on any atom is -0.493 e. The number of aromatic nitrogens is 1. The van der Waals surface area contributed by atoms with E-state index in [-0.39, 0.29) is 10.7 Å². The first kappa shape index (κ1) is 12.3. The second-order valence-electron chi connectivity index (χ2n) is 3.33.